The highest BCUT2D eigenvalue weighted by Gasteiger charge is 2.07. The van der Waals surface area contributed by atoms with Gasteiger partial charge in [0, 0.05) is 12.6 Å². The van der Waals surface area contributed by atoms with Crippen molar-refractivity contribution >= 4 is 0 Å². The third-order valence-corrected chi connectivity index (χ3v) is 3.04. The molecule has 1 aromatic carbocycles. The maximum atomic E-state index is 11.9. The van der Waals surface area contributed by atoms with Gasteiger partial charge in [0.15, 0.2) is 0 Å². The summed E-state index contributed by atoms with van der Waals surface area (Å²) in [5, 5.41) is 0. The van der Waals surface area contributed by atoms with Crippen LogP contribution in [0, 0.1) is 0 Å². The van der Waals surface area contributed by atoms with Gasteiger partial charge in [-0.1, -0.05) is 37.6 Å². The van der Waals surface area contributed by atoms with Crippen molar-refractivity contribution in [3.05, 3.63) is 35.4 Å². The lowest BCUT2D eigenvalue weighted by Crippen LogP contribution is -2.14. The summed E-state index contributed by atoms with van der Waals surface area (Å²) in [5.74, 6) is 0. The Kier molecular flexibility index (Phi) is 7.60. The summed E-state index contributed by atoms with van der Waals surface area (Å²) in [6.45, 7) is 1.93. The van der Waals surface area contributed by atoms with Crippen molar-refractivity contribution in [3.63, 3.8) is 0 Å². The molecule has 4 heteroatoms. The van der Waals surface area contributed by atoms with Crippen molar-refractivity contribution in [2.24, 2.45) is 5.73 Å². The smallest absolute Gasteiger partial charge is 0.261 e. The number of halogens is 2. The standard InChI is InChI=1S/C15H23F2NO/c1-2-3-4-12-5-7-13(8-6-12)14(18)9-10-19-11-15(16)17/h5-8,14-15H,2-4,9-11,18H2,1H3. The molecule has 0 saturated heterocycles. The number of benzene rings is 1. The average Bonchev–Trinajstić information content (AvgIpc) is 2.41. The summed E-state index contributed by atoms with van der Waals surface area (Å²) < 4.78 is 28.6. The van der Waals surface area contributed by atoms with Crippen LogP contribution in [0.5, 0.6) is 0 Å². The normalized spacial score (nSPS) is 12.9. The Morgan fingerprint density at radius 1 is 1.21 bits per heavy atom. The molecular weight excluding hydrogens is 248 g/mol. The van der Waals surface area contributed by atoms with Crippen LogP contribution < -0.4 is 5.73 Å². The Hall–Kier alpha value is -1.00. The zero-order valence-electron chi connectivity index (χ0n) is 11.4. The molecule has 0 fully saturated rings. The lowest BCUT2D eigenvalue weighted by Gasteiger charge is -2.13. The molecule has 0 heterocycles. The van der Waals surface area contributed by atoms with E-state index < -0.39 is 13.0 Å². The summed E-state index contributed by atoms with van der Waals surface area (Å²) in [5.41, 5.74) is 8.33. The zero-order valence-corrected chi connectivity index (χ0v) is 11.4. The van der Waals surface area contributed by atoms with E-state index in [2.05, 4.69) is 19.1 Å². The molecule has 0 spiro atoms. The van der Waals surface area contributed by atoms with E-state index in [1.54, 1.807) is 0 Å². The van der Waals surface area contributed by atoms with Crippen LogP contribution in [0.3, 0.4) is 0 Å². The average molecular weight is 271 g/mol. The predicted molar refractivity (Wildman–Crippen MR) is 73.4 cm³/mol. The first kappa shape index (κ1) is 16.1. The quantitative estimate of drug-likeness (QED) is 0.695. The second-order valence-corrected chi connectivity index (χ2v) is 4.71. The highest BCUT2D eigenvalue weighted by atomic mass is 19.3. The lowest BCUT2D eigenvalue weighted by atomic mass is 10.0. The minimum atomic E-state index is -2.41. The van der Waals surface area contributed by atoms with E-state index in [0.717, 1.165) is 12.0 Å². The number of aryl methyl sites for hydroxylation is 1. The lowest BCUT2D eigenvalue weighted by molar-refractivity contribution is 0.0152. The first-order valence-electron chi connectivity index (χ1n) is 6.83. The van der Waals surface area contributed by atoms with Gasteiger partial charge in [-0.3, -0.25) is 0 Å². The summed E-state index contributed by atoms with van der Waals surface area (Å²) >= 11 is 0. The molecule has 0 amide bonds. The van der Waals surface area contributed by atoms with Crippen molar-refractivity contribution in [1.29, 1.82) is 0 Å². The molecule has 0 bridgehead atoms. The van der Waals surface area contributed by atoms with Crippen molar-refractivity contribution in [2.75, 3.05) is 13.2 Å². The SMILES string of the molecule is CCCCc1ccc(C(N)CCOCC(F)F)cc1. The second kappa shape index (κ2) is 8.99. The third-order valence-electron chi connectivity index (χ3n) is 3.04. The summed E-state index contributed by atoms with van der Waals surface area (Å²) in [4.78, 5) is 0. The van der Waals surface area contributed by atoms with E-state index >= 15 is 0 Å². The molecule has 0 saturated carbocycles. The Labute approximate surface area is 114 Å². The molecule has 19 heavy (non-hydrogen) atoms. The summed E-state index contributed by atoms with van der Waals surface area (Å²) in [6.07, 6.45) is 1.61. The van der Waals surface area contributed by atoms with E-state index in [1.165, 1.54) is 18.4 Å². The van der Waals surface area contributed by atoms with Crippen molar-refractivity contribution in [1.82, 2.24) is 0 Å². The third kappa shape index (κ3) is 6.64. The highest BCUT2D eigenvalue weighted by molar-refractivity contribution is 5.24. The molecule has 108 valence electrons. The predicted octanol–water partition coefficient (Wildman–Crippen LogP) is 3.70. The number of rotatable bonds is 9. The maximum Gasteiger partial charge on any atom is 0.261 e. The largest absolute Gasteiger partial charge is 0.375 e. The minimum absolute atomic E-state index is 0.155. The Bertz CT molecular complexity index is 341. The monoisotopic (exact) mass is 271 g/mol. The fourth-order valence-electron chi connectivity index (χ4n) is 1.86. The molecule has 0 aliphatic carbocycles. The van der Waals surface area contributed by atoms with Crippen molar-refractivity contribution in [3.8, 4) is 0 Å². The number of hydrogen-bond donors (Lipinski definition) is 1. The van der Waals surface area contributed by atoms with Crippen molar-refractivity contribution < 1.29 is 13.5 Å². The van der Waals surface area contributed by atoms with Gasteiger partial charge >= 0.3 is 0 Å². The molecule has 1 unspecified atom stereocenters. The van der Waals surface area contributed by atoms with Gasteiger partial charge in [0.1, 0.15) is 6.61 Å². The number of unbranched alkanes of at least 4 members (excludes halogenated alkanes) is 1. The van der Waals surface area contributed by atoms with Gasteiger partial charge in [-0.2, -0.15) is 0 Å². The minimum Gasteiger partial charge on any atom is -0.375 e. The van der Waals surface area contributed by atoms with Gasteiger partial charge in [-0.15, -0.1) is 0 Å². The van der Waals surface area contributed by atoms with Crippen LogP contribution >= 0.6 is 0 Å². The Morgan fingerprint density at radius 3 is 2.47 bits per heavy atom. The molecule has 0 aliphatic rings. The number of ether oxygens (including phenoxy) is 1. The van der Waals surface area contributed by atoms with E-state index in [4.69, 9.17) is 10.5 Å². The fourth-order valence-corrected chi connectivity index (χ4v) is 1.86. The molecule has 1 atom stereocenters. The number of alkyl halides is 2. The molecule has 0 aromatic heterocycles. The Morgan fingerprint density at radius 2 is 1.89 bits per heavy atom. The molecule has 0 radical (unpaired) electrons. The topological polar surface area (TPSA) is 35.2 Å². The Balaban J connectivity index is 2.33. The van der Waals surface area contributed by atoms with Gasteiger partial charge < -0.3 is 10.5 Å². The van der Waals surface area contributed by atoms with E-state index in [0.29, 0.717) is 6.42 Å². The van der Waals surface area contributed by atoms with Crippen LogP contribution in [0.1, 0.15) is 43.4 Å². The number of hydrogen-bond acceptors (Lipinski definition) is 2. The van der Waals surface area contributed by atoms with E-state index in [-0.39, 0.29) is 12.6 Å². The van der Waals surface area contributed by atoms with Crippen LogP contribution in [0.15, 0.2) is 24.3 Å². The van der Waals surface area contributed by atoms with E-state index in [9.17, 15) is 8.78 Å². The molecule has 1 rings (SSSR count). The van der Waals surface area contributed by atoms with Crippen molar-refractivity contribution in [2.45, 2.75) is 45.1 Å². The van der Waals surface area contributed by atoms with Crippen LogP contribution in [0.25, 0.3) is 0 Å². The summed E-state index contributed by atoms with van der Waals surface area (Å²) in [6, 6.07) is 8.05. The van der Waals surface area contributed by atoms with Gasteiger partial charge in [-0.25, -0.2) is 8.78 Å². The molecular formula is C15H23F2NO. The van der Waals surface area contributed by atoms with Crippen LogP contribution in [0.2, 0.25) is 0 Å². The maximum absolute atomic E-state index is 11.9. The highest BCUT2D eigenvalue weighted by Crippen LogP contribution is 2.16. The van der Waals surface area contributed by atoms with Gasteiger partial charge in [-0.05, 0) is 30.4 Å². The number of nitrogens with two attached hydrogens (primary N) is 1. The second-order valence-electron chi connectivity index (χ2n) is 4.71. The van der Waals surface area contributed by atoms with Gasteiger partial charge in [0.2, 0.25) is 0 Å². The fraction of sp³-hybridized carbons (Fsp3) is 0.600. The van der Waals surface area contributed by atoms with Crippen LogP contribution in [-0.4, -0.2) is 19.6 Å². The molecule has 2 N–H and O–H groups in total. The first-order valence-corrected chi connectivity index (χ1v) is 6.83. The van der Waals surface area contributed by atoms with Crippen LogP contribution in [-0.2, 0) is 11.2 Å². The van der Waals surface area contributed by atoms with Crippen LogP contribution in [0.4, 0.5) is 8.78 Å². The first-order chi connectivity index (χ1) is 9.13. The zero-order chi connectivity index (χ0) is 14.1. The van der Waals surface area contributed by atoms with Gasteiger partial charge in [0.05, 0.1) is 0 Å². The van der Waals surface area contributed by atoms with Gasteiger partial charge in [0.25, 0.3) is 6.43 Å². The molecule has 2 nitrogen and oxygen atoms in total. The molecule has 1 aromatic rings. The van der Waals surface area contributed by atoms with E-state index in [1.807, 2.05) is 12.1 Å². The molecule has 0 aliphatic heterocycles. The summed E-state index contributed by atoms with van der Waals surface area (Å²) in [7, 11) is 0.